The summed E-state index contributed by atoms with van der Waals surface area (Å²) in [6.07, 6.45) is 8.52. The summed E-state index contributed by atoms with van der Waals surface area (Å²) in [7, 11) is 0. The topological polar surface area (TPSA) is 38.0 Å². The Morgan fingerprint density at radius 1 is 1.50 bits per heavy atom. The van der Waals surface area contributed by atoms with E-state index in [-0.39, 0.29) is 0 Å². The molecule has 0 saturated heterocycles. The molecule has 68 valence electrons. The maximum atomic E-state index is 5.43. The number of nitrogens with two attached hydrogens (primary N) is 1. The molecule has 0 radical (unpaired) electrons. The first-order valence-corrected chi connectivity index (χ1v) is 5.02. The predicted molar refractivity (Wildman–Crippen MR) is 50.8 cm³/mol. The van der Waals surface area contributed by atoms with Crippen LogP contribution in [0.25, 0.3) is 0 Å². The van der Waals surface area contributed by atoms with E-state index >= 15 is 0 Å². The summed E-state index contributed by atoms with van der Waals surface area (Å²) in [6.45, 7) is 1.90. The van der Waals surface area contributed by atoms with Crippen molar-refractivity contribution in [2.45, 2.75) is 25.3 Å². The third-order valence-electron chi connectivity index (χ3n) is 3.15. The first-order chi connectivity index (χ1) is 5.92. The molecule has 1 saturated carbocycles. The molecule has 2 aliphatic rings. The van der Waals surface area contributed by atoms with Gasteiger partial charge in [0.25, 0.3) is 0 Å². The Morgan fingerprint density at radius 2 is 2.42 bits per heavy atom. The van der Waals surface area contributed by atoms with Crippen LogP contribution in [-0.2, 0) is 0 Å². The van der Waals surface area contributed by atoms with Crippen molar-refractivity contribution in [2.24, 2.45) is 17.6 Å². The summed E-state index contributed by atoms with van der Waals surface area (Å²) in [5.41, 5.74) is 5.43. The lowest BCUT2D eigenvalue weighted by Crippen LogP contribution is -2.48. The van der Waals surface area contributed by atoms with E-state index < -0.39 is 0 Å². The van der Waals surface area contributed by atoms with Crippen LogP contribution >= 0.6 is 0 Å². The van der Waals surface area contributed by atoms with Crippen LogP contribution in [0, 0.1) is 11.8 Å². The van der Waals surface area contributed by atoms with Crippen LogP contribution in [0.5, 0.6) is 0 Å². The Hall–Kier alpha value is -0.340. The van der Waals surface area contributed by atoms with Crippen LogP contribution in [0.15, 0.2) is 12.2 Å². The summed E-state index contributed by atoms with van der Waals surface area (Å²) in [5.74, 6) is 1.82. The van der Waals surface area contributed by atoms with Gasteiger partial charge in [0.15, 0.2) is 0 Å². The molecule has 0 aromatic carbocycles. The highest BCUT2D eigenvalue weighted by atomic mass is 14.9. The fourth-order valence-electron chi connectivity index (χ4n) is 2.34. The molecule has 0 aliphatic heterocycles. The van der Waals surface area contributed by atoms with Gasteiger partial charge in [0.2, 0.25) is 0 Å². The van der Waals surface area contributed by atoms with Crippen LogP contribution in [0.4, 0.5) is 0 Å². The molecule has 2 nitrogen and oxygen atoms in total. The van der Waals surface area contributed by atoms with Crippen molar-refractivity contribution in [3.63, 3.8) is 0 Å². The maximum Gasteiger partial charge on any atom is 0.0136 e. The first kappa shape index (κ1) is 8.27. The molecule has 2 rings (SSSR count). The van der Waals surface area contributed by atoms with Crippen molar-refractivity contribution in [2.75, 3.05) is 13.1 Å². The van der Waals surface area contributed by atoms with Crippen LogP contribution in [-0.4, -0.2) is 19.1 Å². The average molecular weight is 166 g/mol. The molecule has 1 fully saturated rings. The van der Waals surface area contributed by atoms with Gasteiger partial charge in [-0.25, -0.2) is 0 Å². The van der Waals surface area contributed by atoms with Gasteiger partial charge in [0.1, 0.15) is 0 Å². The van der Waals surface area contributed by atoms with E-state index in [4.69, 9.17) is 5.73 Å². The fourth-order valence-corrected chi connectivity index (χ4v) is 2.34. The Labute approximate surface area is 74.2 Å². The molecule has 12 heavy (non-hydrogen) atoms. The maximum absolute atomic E-state index is 5.43. The minimum Gasteiger partial charge on any atom is -0.330 e. The van der Waals surface area contributed by atoms with E-state index in [0.29, 0.717) is 0 Å². The highest BCUT2D eigenvalue weighted by Crippen LogP contribution is 2.42. The highest BCUT2D eigenvalue weighted by molar-refractivity contribution is 5.12. The van der Waals surface area contributed by atoms with Crippen molar-refractivity contribution >= 4 is 0 Å². The first-order valence-electron chi connectivity index (χ1n) is 5.02. The van der Waals surface area contributed by atoms with Crippen molar-refractivity contribution in [3.8, 4) is 0 Å². The van der Waals surface area contributed by atoms with Gasteiger partial charge in [-0.2, -0.15) is 0 Å². The van der Waals surface area contributed by atoms with Gasteiger partial charge in [-0.15, -0.1) is 0 Å². The molecule has 2 heteroatoms. The lowest BCUT2D eigenvalue weighted by Gasteiger charge is -2.40. The number of hydrogen-bond acceptors (Lipinski definition) is 2. The van der Waals surface area contributed by atoms with Gasteiger partial charge in [0.05, 0.1) is 0 Å². The summed E-state index contributed by atoms with van der Waals surface area (Å²) >= 11 is 0. The van der Waals surface area contributed by atoms with Gasteiger partial charge >= 0.3 is 0 Å². The monoisotopic (exact) mass is 166 g/mol. The largest absolute Gasteiger partial charge is 0.330 e. The highest BCUT2D eigenvalue weighted by Gasteiger charge is 2.40. The number of allylic oxidation sites excluding steroid dienone is 1. The SMILES string of the molecule is NCCCNC1CC2CC=CC21. The zero-order valence-corrected chi connectivity index (χ0v) is 7.50. The summed E-state index contributed by atoms with van der Waals surface area (Å²) in [5, 5.41) is 3.56. The van der Waals surface area contributed by atoms with Gasteiger partial charge in [-0.1, -0.05) is 12.2 Å². The molecular formula is C10H18N2. The average Bonchev–Trinajstić information content (AvgIpc) is 2.41. The van der Waals surface area contributed by atoms with Crippen LogP contribution < -0.4 is 11.1 Å². The minimum absolute atomic E-state index is 0.764. The second kappa shape index (κ2) is 3.58. The smallest absolute Gasteiger partial charge is 0.0136 e. The lowest BCUT2D eigenvalue weighted by molar-refractivity contribution is 0.164. The van der Waals surface area contributed by atoms with Gasteiger partial charge in [0, 0.05) is 6.04 Å². The quantitative estimate of drug-likeness (QED) is 0.481. The zero-order chi connectivity index (χ0) is 8.39. The van der Waals surface area contributed by atoms with Gasteiger partial charge in [-0.3, -0.25) is 0 Å². The molecule has 0 amide bonds. The van der Waals surface area contributed by atoms with Crippen LogP contribution in [0.2, 0.25) is 0 Å². The summed E-state index contributed by atoms with van der Waals surface area (Å²) in [6, 6.07) is 0.764. The van der Waals surface area contributed by atoms with Crippen molar-refractivity contribution in [1.82, 2.24) is 5.32 Å². The molecular weight excluding hydrogens is 148 g/mol. The van der Waals surface area contributed by atoms with Gasteiger partial charge < -0.3 is 11.1 Å². The molecule has 3 unspecified atom stereocenters. The third-order valence-corrected chi connectivity index (χ3v) is 3.15. The van der Waals surface area contributed by atoms with Crippen molar-refractivity contribution in [1.29, 1.82) is 0 Å². The number of hydrogen-bond donors (Lipinski definition) is 2. The normalized spacial score (nSPS) is 37.9. The zero-order valence-electron chi connectivity index (χ0n) is 7.50. The molecule has 3 atom stereocenters. The molecule has 0 bridgehead atoms. The number of rotatable bonds is 4. The lowest BCUT2D eigenvalue weighted by atomic mass is 9.71. The van der Waals surface area contributed by atoms with E-state index in [0.717, 1.165) is 37.4 Å². The van der Waals surface area contributed by atoms with E-state index in [1.807, 2.05) is 0 Å². The molecule has 2 aliphatic carbocycles. The van der Waals surface area contributed by atoms with E-state index in [1.165, 1.54) is 12.8 Å². The van der Waals surface area contributed by atoms with Crippen molar-refractivity contribution in [3.05, 3.63) is 12.2 Å². The van der Waals surface area contributed by atoms with Crippen molar-refractivity contribution < 1.29 is 0 Å². The molecule has 0 heterocycles. The third kappa shape index (κ3) is 1.41. The van der Waals surface area contributed by atoms with Gasteiger partial charge in [-0.05, 0) is 44.2 Å². The fraction of sp³-hybridized carbons (Fsp3) is 0.800. The molecule has 0 aromatic heterocycles. The van der Waals surface area contributed by atoms with E-state index in [1.54, 1.807) is 0 Å². The number of fused-ring (bicyclic) bond motifs is 1. The standard InChI is InChI=1S/C10H18N2/c11-5-2-6-12-10-7-8-3-1-4-9(8)10/h1,4,8-10,12H,2-3,5-7,11H2. The molecule has 0 spiro atoms. The second-order valence-electron chi connectivity index (χ2n) is 3.94. The number of nitrogens with one attached hydrogen (secondary N) is 1. The van der Waals surface area contributed by atoms with Crippen LogP contribution in [0.1, 0.15) is 19.3 Å². The summed E-state index contributed by atoms with van der Waals surface area (Å²) < 4.78 is 0. The van der Waals surface area contributed by atoms with Crippen LogP contribution in [0.3, 0.4) is 0 Å². The Morgan fingerprint density at radius 3 is 3.17 bits per heavy atom. The van der Waals surface area contributed by atoms with E-state index in [9.17, 15) is 0 Å². The second-order valence-corrected chi connectivity index (χ2v) is 3.94. The summed E-state index contributed by atoms with van der Waals surface area (Å²) in [4.78, 5) is 0. The molecule has 0 aromatic rings. The Balaban J connectivity index is 1.67. The molecule has 3 N–H and O–H groups in total. The Bertz CT molecular complexity index is 177. The Kier molecular flexibility index (Phi) is 2.47. The minimum atomic E-state index is 0.764. The van der Waals surface area contributed by atoms with E-state index in [2.05, 4.69) is 17.5 Å². The predicted octanol–water partition coefficient (Wildman–Crippen LogP) is 0.889.